The van der Waals surface area contributed by atoms with E-state index in [9.17, 15) is 0 Å². The molecule has 3 nitrogen and oxygen atoms in total. The van der Waals surface area contributed by atoms with Gasteiger partial charge in [-0.15, -0.1) is 0 Å². The van der Waals surface area contributed by atoms with Crippen molar-refractivity contribution in [3.05, 3.63) is 36.5 Å². The van der Waals surface area contributed by atoms with Gasteiger partial charge in [0, 0.05) is 30.7 Å². The standard InChI is InChI=1S/C17H21N3/c1-2-6-15-13(4-1)7-10-19-17(15)20-11-8-16-14(12-20)5-3-9-18-16/h1-2,4,6-7,10,14,16,18H,3,5,8-9,11-12H2. The highest BCUT2D eigenvalue weighted by atomic mass is 15.2. The number of rotatable bonds is 1. The van der Waals surface area contributed by atoms with Crippen molar-refractivity contribution in [2.45, 2.75) is 25.3 Å². The van der Waals surface area contributed by atoms with Crippen LogP contribution < -0.4 is 10.2 Å². The summed E-state index contributed by atoms with van der Waals surface area (Å²) < 4.78 is 0. The van der Waals surface area contributed by atoms with Gasteiger partial charge in [-0.2, -0.15) is 0 Å². The molecule has 3 heterocycles. The predicted molar refractivity (Wildman–Crippen MR) is 83.1 cm³/mol. The Balaban J connectivity index is 1.66. The van der Waals surface area contributed by atoms with Crippen LogP contribution in [0.25, 0.3) is 10.8 Å². The van der Waals surface area contributed by atoms with Crippen molar-refractivity contribution < 1.29 is 0 Å². The van der Waals surface area contributed by atoms with Gasteiger partial charge in [-0.1, -0.05) is 24.3 Å². The van der Waals surface area contributed by atoms with E-state index in [1.165, 1.54) is 42.4 Å². The highest BCUT2D eigenvalue weighted by Gasteiger charge is 2.31. The SMILES string of the molecule is c1ccc2c(N3CCC4NCCCC4C3)nccc2c1. The van der Waals surface area contributed by atoms with E-state index in [2.05, 4.69) is 45.5 Å². The third-order valence-electron chi connectivity index (χ3n) is 4.84. The quantitative estimate of drug-likeness (QED) is 0.861. The van der Waals surface area contributed by atoms with Gasteiger partial charge < -0.3 is 10.2 Å². The number of hydrogen-bond donors (Lipinski definition) is 1. The van der Waals surface area contributed by atoms with Gasteiger partial charge in [-0.25, -0.2) is 4.98 Å². The molecule has 20 heavy (non-hydrogen) atoms. The highest BCUT2D eigenvalue weighted by molar-refractivity contribution is 5.92. The monoisotopic (exact) mass is 267 g/mol. The molecule has 1 aromatic carbocycles. The second-order valence-corrected chi connectivity index (χ2v) is 6.05. The van der Waals surface area contributed by atoms with Crippen molar-refractivity contribution >= 4 is 16.6 Å². The maximum atomic E-state index is 4.67. The lowest BCUT2D eigenvalue weighted by atomic mass is 9.85. The molecule has 4 rings (SSSR count). The van der Waals surface area contributed by atoms with Crippen molar-refractivity contribution in [3.63, 3.8) is 0 Å². The normalized spacial score (nSPS) is 26.5. The van der Waals surface area contributed by atoms with Crippen molar-refractivity contribution in [2.75, 3.05) is 24.5 Å². The Morgan fingerprint density at radius 3 is 3.10 bits per heavy atom. The van der Waals surface area contributed by atoms with E-state index in [1.54, 1.807) is 0 Å². The zero-order valence-corrected chi connectivity index (χ0v) is 11.8. The molecule has 2 unspecified atom stereocenters. The fourth-order valence-corrected chi connectivity index (χ4v) is 3.79. The molecule has 2 atom stereocenters. The Hall–Kier alpha value is -1.61. The summed E-state index contributed by atoms with van der Waals surface area (Å²) in [7, 11) is 0. The number of fused-ring (bicyclic) bond motifs is 2. The molecule has 0 spiro atoms. The molecule has 0 radical (unpaired) electrons. The third-order valence-corrected chi connectivity index (χ3v) is 4.84. The Kier molecular flexibility index (Phi) is 3.07. The van der Waals surface area contributed by atoms with Crippen LogP contribution in [0.4, 0.5) is 5.82 Å². The molecule has 2 aliphatic rings. The Morgan fingerprint density at radius 2 is 2.10 bits per heavy atom. The highest BCUT2D eigenvalue weighted by Crippen LogP contribution is 2.31. The molecule has 0 amide bonds. The zero-order chi connectivity index (χ0) is 13.4. The number of nitrogens with zero attached hydrogens (tertiary/aromatic N) is 2. The second-order valence-electron chi connectivity index (χ2n) is 6.05. The minimum Gasteiger partial charge on any atom is -0.356 e. The van der Waals surface area contributed by atoms with Crippen molar-refractivity contribution in [3.8, 4) is 0 Å². The van der Waals surface area contributed by atoms with Crippen LogP contribution in [0.3, 0.4) is 0 Å². The first-order chi connectivity index (χ1) is 9.92. The van der Waals surface area contributed by atoms with Gasteiger partial charge in [0.15, 0.2) is 0 Å². The summed E-state index contributed by atoms with van der Waals surface area (Å²) in [6.45, 7) is 3.47. The van der Waals surface area contributed by atoms with Gasteiger partial charge in [-0.05, 0) is 43.2 Å². The van der Waals surface area contributed by atoms with Crippen LogP contribution in [0.2, 0.25) is 0 Å². The van der Waals surface area contributed by atoms with E-state index in [0.717, 1.165) is 25.0 Å². The fourth-order valence-electron chi connectivity index (χ4n) is 3.79. The van der Waals surface area contributed by atoms with E-state index in [1.807, 2.05) is 6.20 Å². The molecule has 0 bridgehead atoms. The lowest BCUT2D eigenvalue weighted by Gasteiger charge is -2.42. The van der Waals surface area contributed by atoms with Crippen LogP contribution in [-0.4, -0.2) is 30.7 Å². The maximum absolute atomic E-state index is 4.67. The van der Waals surface area contributed by atoms with E-state index in [0.29, 0.717) is 0 Å². The van der Waals surface area contributed by atoms with Gasteiger partial charge >= 0.3 is 0 Å². The van der Waals surface area contributed by atoms with Crippen LogP contribution in [0, 0.1) is 5.92 Å². The summed E-state index contributed by atoms with van der Waals surface area (Å²) in [5, 5.41) is 6.27. The summed E-state index contributed by atoms with van der Waals surface area (Å²) in [4.78, 5) is 7.17. The van der Waals surface area contributed by atoms with Crippen LogP contribution in [0.5, 0.6) is 0 Å². The average molecular weight is 267 g/mol. The first kappa shape index (κ1) is 12.2. The van der Waals surface area contributed by atoms with Crippen LogP contribution in [-0.2, 0) is 0 Å². The number of piperidine rings is 2. The molecule has 2 fully saturated rings. The Bertz CT molecular complexity index is 605. The number of benzene rings is 1. The molecule has 1 aromatic heterocycles. The third kappa shape index (κ3) is 2.06. The largest absolute Gasteiger partial charge is 0.356 e. The molecule has 0 saturated carbocycles. The predicted octanol–water partition coefficient (Wildman–Crippen LogP) is 2.81. The Morgan fingerprint density at radius 1 is 1.15 bits per heavy atom. The molecule has 2 saturated heterocycles. The number of pyridine rings is 1. The second kappa shape index (κ2) is 5.06. The summed E-state index contributed by atoms with van der Waals surface area (Å²) in [6.07, 6.45) is 5.87. The fraction of sp³-hybridized carbons (Fsp3) is 0.471. The molecule has 2 aliphatic heterocycles. The smallest absolute Gasteiger partial charge is 0.136 e. The number of anilines is 1. The lowest BCUT2D eigenvalue weighted by Crippen LogP contribution is -2.52. The number of nitrogens with one attached hydrogen (secondary N) is 1. The van der Waals surface area contributed by atoms with Gasteiger partial charge in [0.25, 0.3) is 0 Å². The molecular formula is C17H21N3. The van der Waals surface area contributed by atoms with Gasteiger partial charge in [-0.3, -0.25) is 0 Å². The van der Waals surface area contributed by atoms with E-state index in [4.69, 9.17) is 0 Å². The minimum atomic E-state index is 0.731. The van der Waals surface area contributed by atoms with Crippen LogP contribution in [0.1, 0.15) is 19.3 Å². The molecule has 104 valence electrons. The number of aromatic nitrogens is 1. The first-order valence-corrected chi connectivity index (χ1v) is 7.74. The summed E-state index contributed by atoms with van der Waals surface area (Å²) in [5.74, 6) is 1.96. The molecule has 0 aliphatic carbocycles. The summed E-state index contributed by atoms with van der Waals surface area (Å²) in [5.41, 5.74) is 0. The van der Waals surface area contributed by atoms with Gasteiger partial charge in [0.1, 0.15) is 5.82 Å². The van der Waals surface area contributed by atoms with Crippen molar-refractivity contribution in [2.24, 2.45) is 5.92 Å². The molecule has 1 N–H and O–H groups in total. The average Bonchev–Trinajstić information content (AvgIpc) is 2.54. The zero-order valence-electron chi connectivity index (χ0n) is 11.8. The maximum Gasteiger partial charge on any atom is 0.136 e. The minimum absolute atomic E-state index is 0.731. The summed E-state index contributed by atoms with van der Waals surface area (Å²) >= 11 is 0. The molecular weight excluding hydrogens is 246 g/mol. The van der Waals surface area contributed by atoms with E-state index in [-0.39, 0.29) is 0 Å². The lowest BCUT2D eigenvalue weighted by molar-refractivity contribution is 0.244. The topological polar surface area (TPSA) is 28.2 Å². The number of hydrogen-bond acceptors (Lipinski definition) is 3. The van der Waals surface area contributed by atoms with E-state index < -0.39 is 0 Å². The van der Waals surface area contributed by atoms with E-state index >= 15 is 0 Å². The summed E-state index contributed by atoms with van der Waals surface area (Å²) in [6, 6.07) is 11.4. The van der Waals surface area contributed by atoms with Gasteiger partial charge in [0.2, 0.25) is 0 Å². The van der Waals surface area contributed by atoms with Crippen LogP contribution in [0.15, 0.2) is 36.5 Å². The Labute approximate surface area is 120 Å². The van der Waals surface area contributed by atoms with Crippen molar-refractivity contribution in [1.29, 1.82) is 0 Å². The van der Waals surface area contributed by atoms with Crippen LogP contribution >= 0.6 is 0 Å². The van der Waals surface area contributed by atoms with Crippen molar-refractivity contribution in [1.82, 2.24) is 10.3 Å². The molecule has 2 aromatic rings. The van der Waals surface area contributed by atoms with Gasteiger partial charge in [0.05, 0.1) is 0 Å². The first-order valence-electron chi connectivity index (χ1n) is 7.74. The molecule has 3 heteroatoms.